The number of anilines is 1. The summed E-state index contributed by atoms with van der Waals surface area (Å²) in [6.07, 6.45) is 5.96. The van der Waals surface area contributed by atoms with Gasteiger partial charge in [0.25, 0.3) is 11.8 Å². The van der Waals surface area contributed by atoms with Gasteiger partial charge in [-0.05, 0) is 36.2 Å². The minimum atomic E-state index is -0.208. The van der Waals surface area contributed by atoms with Gasteiger partial charge in [0.05, 0.1) is 18.1 Å². The van der Waals surface area contributed by atoms with Crippen LogP contribution in [-0.4, -0.2) is 40.3 Å². The number of benzene rings is 2. The third-order valence-electron chi connectivity index (χ3n) is 5.32. The fourth-order valence-corrected chi connectivity index (χ4v) is 3.39. The lowest BCUT2D eigenvalue weighted by Crippen LogP contribution is -2.27. The summed E-state index contributed by atoms with van der Waals surface area (Å²) in [4.78, 5) is 35.1. The van der Waals surface area contributed by atoms with Crippen molar-refractivity contribution < 1.29 is 9.59 Å². The largest absolute Gasteiger partial charge is 0.355 e. The smallest absolute Gasteiger partial charge is 0.278 e. The maximum atomic E-state index is 13.1. The highest BCUT2D eigenvalue weighted by Crippen LogP contribution is 2.22. The van der Waals surface area contributed by atoms with Gasteiger partial charge in [0.2, 0.25) is 0 Å². The molecule has 0 aliphatic carbocycles. The van der Waals surface area contributed by atoms with Crippen LogP contribution in [0.25, 0.3) is 16.9 Å². The first kappa shape index (κ1) is 20.3. The maximum Gasteiger partial charge on any atom is 0.278 e. The van der Waals surface area contributed by atoms with Crippen molar-refractivity contribution in [1.82, 2.24) is 19.7 Å². The molecule has 0 atom stereocenters. The summed E-state index contributed by atoms with van der Waals surface area (Å²) in [5.74, 6) is -0.349. The molecule has 4 rings (SSSR count). The third kappa shape index (κ3) is 3.90. The second kappa shape index (κ2) is 8.39. The van der Waals surface area contributed by atoms with Crippen LogP contribution in [0.3, 0.4) is 0 Å². The minimum absolute atomic E-state index is 0.142. The highest BCUT2D eigenvalue weighted by molar-refractivity contribution is 6.04. The number of hydrogen-bond donors (Lipinski definition) is 1. The van der Waals surface area contributed by atoms with Gasteiger partial charge in [0, 0.05) is 37.1 Å². The van der Waals surface area contributed by atoms with E-state index < -0.39 is 0 Å². The number of aryl methyl sites for hydroxylation is 1. The molecule has 0 spiro atoms. The fraction of sp³-hybridized carbons (Fsp3) is 0.167. The first-order valence-electron chi connectivity index (χ1n) is 10.0. The predicted molar refractivity (Wildman–Crippen MR) is 120 cm³/mol. The second-order valence-electron chi connectivity index (χ2n) is 7.18. The van der Waals surface area contributed by atoms with Gasteiger partial charge in [0.15, 0.2) is 5.65 Å². The van der Waals surface area contributed by atoms with Crippen molar-refractivity contribution in [3.8, 4) is 11.3 Å². The van der Waals surface area contributed by atoms with Crippen LogP contribution in [0.5, 0.6) is 0 Å². The topological polar surface area (TPSA) is 79.6 Å². The second-order valence-corrected chi connectivity index (χ2v) is 7.18. The molecule has 2 aromatic carbocycles. The lowest BCUT2D eigenvalue weighted by molar-refractivity contribution is 0.0961. The molecule has 4 aromatic rings. The molecular weight excluding hydrogens is 390 g/mol. The highest BCUT2D eigenvalue weighted by Gasteiger charge is 2.17. The van der Waals surface area contributed by atoms with Gasteiger partial charge in [-0.25, -0.2) is 9.97 Å². The first-order chi connectivity index (χ1) is 15.0. The van der Waals surface area contributed by atoms with Crippen LogP contribution in [0.4, 0.5) is 5.69 Å². The molecule has 0 saturated carbocycles. The number of nitrogens with zero attached hydrogens (tertiary/aromatic N) is 4. The Bertz CT molecular complexity index is 1240. The maximum absolute atomic E-state index is 13.1. The van der Waals surface area contributed by atoms with E-state index in [2.05, 4.69) is 22.2 Å². The Morgan fingerprint density at radius 3 is 2.35 bits per heavy atom. The van der Waals surface area contributed by atoms with Gasteiger partial charge in [-0.3, -0.25) is 14.0 Å². The Hall–Kier alpha value is -4.00. The molecule has 31 heavy (non-hydrogen) atoms. The normalized spacial score (nSPS) is 10.8. The summed E-state index contributed by atoms with van der Waals surface area (Å²) in [5, 5.41) is 2.61. The van der Waals surface area contributed by atoms with Crippen LogP contribution in [0.1, 0.15) is 33.3 Å². The fourth-order valence-electron chi connectivity index (χ4n) is 3.39. The summed E-state index contributed by atoms with van der Waals surface area (Å²) in [7, 11) is 3.34. The van der Waals surface area contributed by atoms with Crippen LogP contribution in [0.2, 0.25) is 0 Å². The summed E-state index contributed by atoms with van der Waals surface area (Å²) in [6, 6.07) is 15.1. The number of fused-ring (bicyclic) bond motifs is 1. The van der Waals surface area contributed by atoms with Gasteiger partial charge in [-0.1, -0.05) is 31.2 Å². The molecule has 0 unspecified atom stereocenters. The molecule has 7 nitrogen and oxygen atoms in total. The number of hydrogen-bond acceptors (Lipinski definition) is 4. The summed E-state index contributed by atoms with van der Waals surface area (Å²) in [6.45, 7) is 2.10. The van der Waals surface area contributed by atoms with Crippen molar-refractivity contribution in [2.45, 2.75) is 13.3 Å². The number of aromatic nitrogens is 3. The van der Waals surface area contributed by atoms with E-state index in [1.54, 1.807) is 49.7 Å². The molecule has 0 aliphatic rings. The van der Waals surface area contributed by atoms with Gasteiger partial charge in [0.1, 0.15) is 5.69 Å². The molecule has 2 heterocycles. The molecular formula is C24H23N5O2. The van der Waals surface area contributed by atoms with Crippen LogP contribution in [-0.2, 0) is 6.42 Å². The van der Waals surface area contributed by atoms with E-state index in [-0.39, 0.29) is 11.8 Å². The average molecular weight is 413 g/mol. The van der Waals surface area contributed by atoms with Crippen molar-refractivity contribution >= 4 is 23.1 Å². The zero-order valence-electron chi connectivity index (χ0n) is 17.7. The summed E-state index contributed by atoms with van der Waals surface area (Å²) in [5.41, 5.74) is 5.24. The molecule has 0 fully saturated rings. The van der Waals surface area contributed by atoms with E-state index in [4.69, 9.17) is 0 Å². The number of imidazole rings is 1. The molecule has 0 radical (unpaired) electrons. The Labute approximate surface area is 180 Å². The van der Waals surface area contributed by atoms with E-state index in [9.17, 15) is 9.59 Å². The van der Waals surface area contributed by atoms with Gasteiger partial charge >= 0.3 is 0 Å². The molecule has 2 aromatic heterocycles. The van der Waals surface area contributed by atoms with Crippen molar-refractivity contribution in [2.75, 3.05) is 19.0 Å². The van der Waals surface area contributed by atoms with Gasteiger partial charge in [-0.15, -0.1) is 0 Å². The molecule has 0 bridgehead atoms. The van der Waals surface area contributed by atoms with Gasteiger partial charge < -0.3 is 10.2 Å². The van der Waals surface area contributed by atoms with Crippen molar-refractivity contribution in [3.63, 3.8) is 0 Å². The Balaban J connectivity index is 1.66. The summed E-state index contributed by atoms with van der Waals surface area (Å²) >= 11 is 0. The van der Waals surface area contributed by atoms with E-state index >= 15 is 0 Å². The summed E-state index contributed by atoms with van der Waals surface area (Å²) < 4.78 is 1.84. The standard InChI is InChI=1S/C24H23N5O2/c1-4-16-5-11-19(12-6-16)28(3)24(31)20-15-29-21(13-27-22(29)14-26-20)17-7-9-18(10-8-17)23(30)25-2/h5-15H,4H2,1-3H3,(H,25,30). The molecule has 0 aliphatic heterocycles. The van der Waals surface area contributed by atoms with Crippen molar-refractivity contribution in [2.24, 2.45) is 0 Å². The van der Waals surface area contributed by atoms with E-state index in [0.717, 1.165) is 23.4 Å². The van der Waals surface area contributed by atoms with Crippen molar-refractivity contribution in [1.29, 1.82) is 0 Å². The minimum Gasteiger partial charge on any atom is -0.355 e. The zero-order valence-corrected chi connectivity index (χ0v) is 17.7. The zero-order chi connectivity index (χ0) is 22.0. The van der Waals surface area contributed by atoms with Crippen molar-refractivity contribution in [3.05, 3.63) is 83.9 Å². The predicted octanol–water partition coefficient (Wildman–Crippen LogP) is 3.59. The number of rotatable bonds is 5. The quantitative estimate of drug-likeness (QED) is 0.542. The molecule has 2 amide bonds. The SMILES string of the molecule is CCc1ccc(N(C)C(=O)c2cn3c(-c4ccc(C(=O)NC)cc4)cnc3cn2)cc1. The van der Waals surface area contributed by atoms with Gasteiger partial charge in [-0.2, -0.15) is 0 Å². The number of amides is 2. The Morgan fingerprint density at radius 2 is 1.71 bits per heavy atom. The van der Waals surface area contributed by atoms with Crippen LogP contribution in [0.15, 0.2) is 67.1 Å². The van der Waals surface area contributed by atoms with Crippen LogP contribution in [0, 0.1) is 0 Å². The highest BCUT2D eigenvalue weighted by atomic mass is 16.2. The third-order valence-corrected chi connectivity index (χ3v) is 5.32. The van der Waals surface area contributed by atoms with E-state index in [0.29, 0.717) is 16.9 Å². The Morgan fingerprint density at radius 1 is 1.00 bits per heavy atom. The molecule has 156 valence electrons. The molecule has 7 heteroatoms. The number of carbonyl (C=O) groups excluding carboxylic acids is 2. The van der Waals surface area contributed by atoms with E-state index in [1.807, 2.05) is 40.8 Å². The molecule has 0 saturated heterocycles. The van der Waals surface area contributed by atoms with Crippen LogP contribution >= 0.6 is 0 Å². The van der Waals surface area contributed by atoms with E-state index in [1.165, 1.54) is 5.56 Å². The van der Waals surface area contributed by atoms with Crippen LogP contribution < -0.4 is 10.2 Å². The lowest BCUT2D eigenvalue weighted by Gasteiger charge is -2.17. The Kier molecular flexibility index (Phi) is 5.49. The average Bonchev–Trinajstić information content (AvgIpc) is 3.26. The molecule has 1 N–H and O–H groups in total. The lowest BCUT2D eigenvalue weighted by atomic mass is 10.1. The monoisotopic (exact) mass is 413 g/mol. The number of carbonyl (C=O) groups is 2. The first-order valence-corrected chi connectivity index (χ1v) is 10.0. The number of nitrogens with one attached hydrogen (secondary N) is 1.